The maximum atomic E-state index is 12.9. The van der Waals surface area contributed by atoms with Gasteiger partial charge in [-0.15, -0.1) is 0 Å². The monoisotopic (exact) mass is 497 g/mol. The summed E-state index contributed by atoms with van der Waals surface area (Å²) in [4.78, 5) is 26.3. The molecule has 1 amide bonds. The first-order valence-electron chi connectivity index (χ1n) is 12.4. The zero-order valence-electron chi connectivity index (χ0n) is 20.0. The van der Waals surface area contributed by atoms with Gasteiger partial charge in [0, 0.05) is 36.0 Å². The Hall–Kier alpha value is -2.57. The SMILES string of the molecule is C[C@@]1(CCC(=O)O)Oc2ccccc2[C@@H]2OCC3(CCN(C(=O)Cc4cccc(Cl)c4)CC3)C[C@H]21. The fourth-order valence-electron chi connectivity index (χ4n) is 6.10. The number of piperidine rings is 1. The van der Waals surface area contributed by atoms with Crippen LogP contribution >= 0.6 is 11.6 Å². The van der Waals surface area contributed by atoms with E-state index in [2.05, 4.69) is 6.07 Å². The van der Waals surface area contributed by atoms with Gasteiger partial charge in [0.25, 0.3) is 0 Å². The van der Waals surface area contributed by atoms with E-state index in [-0.39, 0.29) is 29.8 Å². The number of hydrogen-bond donors (Lipinski definition) is 1. The van der Waals surface area contributed by atoms with E-state index < -0.39 is 11.6 Å². The predicted octanol–water partition coefficient (Wildman–Crippen LogP) is 5.29. The van der Waals surface area contributed by atoms with Crippen LogP contribution in [0.1, 0.15) is 56.3 Å². The van der Waals surface area contributed by atoms with Gasteiger partial charge in [-0.1, -0.05) is 41.9 Å². The molecule has 2 fully saturated rings. The maximum Gasteiger partial charge on any atom is 0.303 e. The highest BCUT2D eigenvalue weighted by molar-refractivity contribution is 6.30. The first-order valence-corrected chi connectivity index (χ1v) is 12.8. The first kappa shape index (κ1) is 24.1. The number of fused-ring (bicyclic) bond motifs is 3. The molecule has 2 aromatic rings. The van der Waals surface area contributed by atoms with E-state index in [1.807, 2.05) is 54.3 Å². The maximum absolute atomic E-state index is 12.9. The highest BCUT2D eigenvalue weighted by atomic mass is 35.5. The molecule has 0 saturated carbocycles. The van der Waals surface area contributed by atoms with Gasteiger partial charge in [0.1, 0.15) is 11.4 Å². The van der Waals surface area contributed by atoms with E-state index >= 15 is 0 Å². The number of halogens is 1. The zero-order valence-corrected chi connectivity index (χ0v) is 20.8. The molecular formula is C28H32ClNO5. The van der Waals surface area contributed by atoms with Crippen molar-refractivity contribution in [1.29, 1.82) is 0 Å². The lowest BCUT2D eigenvalue weighted by atomic mass is 9.63. The van der Waals surface area contributed by atoms with Crippen molar-refractivity contribution >= 4 is 23.5 Å². The van der Waals surface area contributed by atoms with Crippen LogP contribution in [0, 0.1) is 11.3 Å². The molecule has 6 nitrogen and oxygen atoms in total. The Morgan fingerprint density at radius 3 is 2.66 bits per heavy atom. The van der Waals surface area contributed by atoms with Gasteiger partial charge in [0.05, 0.1) is 19.1 Å². The average Bonchev–Trinajstić information content (AvgIpc) is 2.84. The number of likely N-dealkylation sites (tertiary alicyclic amines) is 1. The van der Waals surface area contributed by atoms with Crippen molar-refractivity contribution in [3.05, 3.63) is 64.7 Å². The van der Waals surface area contributed by atoms with E-state index in [9.17, 15) is 14.7 Å². The highest BCUT2D eigenvalue weighted by Gasteiger charge is 2.54. The number of amides is 1. The standard InChI is InChI=1S/C28H32ClNO5/c1-27(10-9-25(32)33)22-17-28(18-34-26(22)21-7-2-3-8-23(21)35-27)11-13-30(14-12-28)24(31)16-19-5-4-6-20(29)15-19/h2-8,15,22,26H,9-14,16-18H2,1H3,(H,32,33)/t22-,26+,27+/m1/s1. The molecule has 186 valence electrons. The van der Waals surface area contributed by atoms with Crippen LogP contribution in [0.4, 0.5) is 0 Å². The Kier molecular flexibility index (Phi) is 6.53. The fourth-order valence-corrected chi connectivity index (χ4v) is 6.31. The quantitative estimate of drug-likeness (QED) is 0.607. The van der Waals surface area contributed by atoms with Crippen LogP contribution in [-0.2, 0) is 20.7 Å². The fraction of sp³-hybridized carbons (Fsp3) is 0.500. The van der Waals surface area contributed by atoms with Crippen molar-refractivity contribution in [2.75, 3.05) is 19.7 Å². The molecule has 0 aliphatic carbocycles. The van der Waals surface area contributed by atoms with Crippen molar-refractivity contribution in [3.8, 4) is 5.75 Å². The molecule has 1 spiro atoms. The molecule has 3 aliphatic rings. The molecule has 2 saturated heterocycles. The van der Waals surface area contributed by atoms with Crippen LogP contribution in [0.5, 0.6) is 5.75 Å². The molecule has 5 rings (SSSR count). The van der Waals surface area contributed by atoms with E-state index in [4.69, 9.17) is 21.1 Å². The molecule has 0 unspecified atom stereocenters. The van der Waals surface area contributed by atoms with Crippen molar-refractivity contribution in [2.24, 2.45) is 11.3 Å². The molecule has 3 atom stereocenters. The average molecular weight is 498 g/mol. The molecule has 2 aromatic carbocycles. The summed E-state index contributed by atoms with van der Waals surface area (Å²) in [6.07, 6.45) is 3.38. The van der Waals surface area contributed by atoms with Gasteiger partial charge in [-0.3, -0.25) is 9.59 Å². The van der Waals surface area contributed by atoms with Crippen LogP contribution in [0.3, 0.4) is 0 Å². The lowest BCUT2D eigenvalue weighted by Crippen LogP contribution is -2.56. The van der Waals surface area contributed by atoms with Gasteiger partial charge in [-0.05, 0) is 61.8 Å². The summed E-state index contributed by atoms with van der Waals surface area (Å²) < 4.78 is 13.1. The van der Waals surface area contributed by atoms with E-state index in [0.717, 1.165) is 36.1 Å². The molecule has 3 heterocycles. The van der Waals surface area contributed by atoms with Gasteiger partial charge in [-0.25, -0.2) is 0 Å². The molecule has 1 N–H and O–H groups in total. The number of rotatable bonds is 5. The second kappa shape index (κ2) is 9.47. The third-order valence-electron chi connectivity index (χ3n) is 8.20. The van der Waals surface area contributed by atoms with Crippen LogP contribution in [0.2, 0.25) is 5.02 Å². The number of carbonyl (C=O) groups excluding carboxylic acids is 1. The van der Waals surface area contributed by atoms with Crippen LogP contribution in [-0.4, -0.2) is 47.2 Å². The number of hydrogen-bond acceptors (Lipinski definition) is 4. The van der Waals surface area contributed by atoms with Crippen molar-refractivity contribution in [3.63, 3.8) is 0 Å². The summed E-state index contributed by atoms with van der Waals surface area (Å²) in [5.74, 6) is 0.152. The molecule has 0 aromatic heterocycles. The summed E-state index contributed by atoms with van der Waals surface area (Å²) in [5.41, 5.74) is 1.33. The van der Waals surface area contributed by atoms with Gasteiger partial charge < -0.3 is 19.5 Å². The minimum Gasteiger partial charge on any atom is -0.487 e. The Balaban J connectivity index is 1.30. The summed E-state index contributed by atoms with van der Waals surface area (Å²) in [6.45, 7) is 4.08. The number of carboxylic acids is 1. The van der Waals surface area contributed by atoms with E-state index in [0.29, 0.717) is 37.6 Å². The zero-order chi connectivity index (χ0) is 24.6. The molecule has 0 radical (unpaired) electrons. The Bertz CT molecular complexity index is 1110. The number of nitrogens with zero attached hydrogens (tertiary/aromatic N) is 1. The Morgan fingerprint density at radius 1 is 1.14 bits per heavy atom. The van der Waals surface area contributed by atoms with Crippen molar-refractivity contribution < 1.29 is 24.2 Å². The van der Waals surface area contributed by atoms with Crippen LogP contribution in [0.25, 0.3) is 0 Å². The van der Waals surface area contributed by atoms with Crippen LogP contribution < -0.4 is 4.74 Å². The number of para-hydroxylation sites is 1. The third-order valence-corrected chi connectivity index (χ3v) is 8.43. The Labute approximate surface area is 211 Å². The highest BCUT2D eigenvalue weighted by Crippen LogP contribution is 2.56. The number of carboxylic acid groups (broad SMARTS) is 1. The lowest BCUT2D eigenvalue weighted by molar-refractivity contribution is -0.183. The second-order valence-corrected chi connectivity index (χ2v) is 11.0. The number of ether oxygens (including phenoxy) is 2. The number of benzene rings is 2. The molecule has 35 heavy (non-hydrogen) atoms. The summed E-state index contributed by atoms with van der Waals surface area (Å²) in [5, 5.41) is 10.0. The minimum absolute atomic E-state index is 0.0336. The summed E-state index contributed by atoms with van der Waals surface area (Å²) >= 11 is 6.08. The smallest absolute Gasteiger partial charge is 0.303 e. The summed E-state index contributed by atoms with van der Waals surface area (Å²) in [6, 6.07) is 15.4. The number of aliphatic carboxylic acids is 1. The molecule has 0 bridgehead atoms. The lowest BCUT2D eigenvalue weighted by Gasteiger charge is -2.55. The van der Waals surface area contributed by atoms with Gasteiger partial charge in [-0.2, -0.15) is 0 Å². The second-order valence-electron chi connectivity index (χ2n) is 10.6. The Morgan fingerprint density at radius 2 is 1.91 bits per heavy atom. The van der Waals surface area contributed by atoms with Crippen molar-refractivity contribution in [2.45, 2.75) is 57.2 Å². The van der Waals surface area contributed by atoms with E-state index in [1.165, 1.54) is 0 Å². The molecule has 7 heteroatoms. The topological polar surface area (TPSA) is 76.1 Å². The normalized spacial score (nSPS) is 27.0. The first-order chi connectivity index (χ1) is 16.8. The summed E-state index contributed by atoms with van der Waals surface area (Å²) in [7, 11) is 0. The van der Waals surface area contributed by atoms with Gasteiger partial charge in [0.2, 0.25) is 5.91 Å². The van der Waals surface area contributed by atoms with Gasteiger partial charge in [0.15, 0.2) is 0 Å². The predicted molar refractivity (Wildman–Crippen MR) is 133 cm³/mol. The molecule has 3 aliphatic heterocycles. The third kappa shape index (κ3) is 4.91. The largest absolute Gasteiger partial charge is 0.487 e. The number of carbonyl (C=O) groups is 2. The van der Waals surface area contributed by atoms with E-state index in [1.54, 1.807) is 0 Å². The van der Waals surface area contributed by atoms with Crippen LogP contribution in [0.15, 0.2) is 48.5 Å². The van der Waals surface area contributed by atoms with Crippen molar-refractivity contribution in [1.82, 2.24) is 4.90 Å². The minimum atomic E-state index is -0.816. The van der Waals surface area contributed by atoms with Gasteiger partial charge >= 0.3 is 5.97 Å². The molecular weight excluding hydrogens is 466 g/mol.